The first-order valence-electron chi connectivity index (χ1n) is 13.6. The molecule has 7 heteroatoms. The van der Waals surface area contributed by atoms with Crippen molar-refractivity contribution >= 4 is 21.8 Å². The summed E-state index contributed by atoms with van der Waals surface area (Å²) in [5.41, 5.74) is 7.14. The normalized spacial score (nSPS) is 11.3. The maximum Gasteiger partial charge on any atom is 0.140 e. The lowest BCUT2D eigenvalue weighted by Crippen LogP contribution is -1.98. The number of hydrogen-bond donors (Lipinski definition) is 0. The van der Waals surface area contributed by atoms with Crippen LogP contribution in [-0.4, -0.2) is 26.4 Å². The zero-order chi connectivity index (χ0) is 28.8. The van der Waals surface area contributed by atoms with E-state index in [9.17, 15) is 4.39 Å². The summed E-state index contributed by atoms with van der Waals surface area (Å²) in [5, 5.41) is 6.73. The minimum atomic E-state index is -0.339. The molecule has 7 aromatic rings. The van der Waals surface area contributed by atoms with Gasteiger partial charge in [0.2, 0.25) is 0 Å². The third-order valence-corrected chi connectivity index (χ3v) is 7.51. The van der Waals surface area contributed by atoms with E-state index in [-0.39, 0.29) is 5.82 Å². The van der Waals surface area contributed by atoms with Crippen molar-refractivity contribution in [3.63, 3.8) is 0 Å². The number of para-hydroxylation sites is 1. The van der Waals surface area contributed by atoms with Crippen LogP contribution in [0.1, 0.15) is 11.1 Å². The minimum Gasteiger partial charge on any atom is -0.497 e. The van der Waals surface area contributed by atoms with Crippen LogP contribution < -0.4 is 9.47 Å². The molecular formula is C35H27FN4O2. The number of hydrogen-bond acceptors (Lipinski definition) is 4. The highest BCUT2D eigenvalue weighted by Crippen LogP contribution is 2.36. The van der Waals surface area contributed by atoms with Crippen molar-refractivity contribution in [3.05, 3.63) is 127 Å². The number of benzene rings is 4. The molecule has 0 aliphatic rings. The monoisotopic (exact) mass is 554 g/mol. The number of nitrogens with zero attached hydrogens (tertiary/aromatic N) is 4. The van der Waals surface area contributed by atoms with Crippen molar-refractivity contribution in [1.29, 1.82) is 0 Å². The van der Waals surface area contributed by atoms with E-state index >= 15 is 0 Å². The number of fused-ring (bicyclic) bond motifs is 3. The Bertz CT molecular complexity index is 2090. The fourth-order valence-corrected chi connectivity index (χ4v) is 5.69. The Morgan fingerprint density at radius 1 is 0.738 bits per heavy atom. The van der Waals surface area contributed by atoms with Crippen molar-refractivity contribution < 1.29 is 13.9 Å². The molecule has 0 aliphatic heterocycles. The molecule has 42 heavy (non-hydrogen) atoms. The van der Waals surface area contributed by atoms with Gasteiger partial charge >= 0.3 is 0 Å². The van der Waals surface area contributed by atoms with E-state index in [0.29, 0.717) is 17.3 Å². The van der Waals surface area contributed by atoms with Crippen LogP contribution in [0.4, 0.5) is 4.39 Å². The third kappa shape index (κ3) is 4.45. The lowest BCUT2D eigenvalue weighted by Gasteiger charge is -2.11. The van der Waals surface area contributed by atoms with E-state index in [4.69, 9.17) is 9.47 Å². The van der Waals surface area contributed by atoms with Crippen molar-refractivity contribution in [1.82, 2.24) is 19.3 Å². The van der Waals surface area contributed by atoms with E-state index in [2.05, 4.69) is 30.0 Å². The highest BCUT2D eigenvalue weighted by molar-refractivity contribution is 6.09. The van der Waals surface area contributed by atoms with Gasteiger partial charge in [0, 0.05) is 46.9 Å². The van der Waals surface area contributed by atoms with Crippen LogP contribution in [-0.2, 0) is 0 Å². The lowest BCUT2D eigenvalue weighted by molar-refractivity contribution is 0.414. The summed E-state index contributed by atoms with van der Waals surface area (Å²) in [6, 6.07) is 28.7. The first-order chi connectivity index (χ1) is 20.5. The smallest absolute Gasteiger partial charge is 0.140 e. The first kappa shape index (κ1) is 25.5. The molecule has 0 bridgehead atoms. The van der Waals surface area contributed by atoms with Crippen LogP contribution in [0.2, 0.25) is 0 Å². The standard InChI is InChI=1S/C35H27FN4O2/c1-22-15-29(41-3)16-23(2)35(22)24-20-38-39(21-24)26-7-6-8-27(18-26)42-28-11-12-31-30-9-4-5-10-32(30)40(33(31)19-28)34-17-25(36)13-14-37-34/h4-21H,1-3H3. The van der Waals surface area contributed by atoms with Crippen molar-refractivity contribution in [2.24, 2.45) is 0 Å². The SMILES string of the molecule is COc1cc(C)c(-c2cnn(-c3cccc(Oc4ccc5c6ccccc6n(-c6cc(F)ccn6)c5c4)c3)c2)c(C)c1. The average molecular weight is 555 g/mol. The van der Waals surface area contributed by atoms with Gasteiger partial charge in [0.15, 0.2) is 0 Å². The molecule has 0 radical (unpaired) electrons. The molecule has 3 aromatic heterocycles. The quantitative estimate of drug-likeness (QED) is 0.207. The van der Waals surface area contributed by atoms with Gasteiger partial charge in [0.1, 0.15) is 28.9 Å². The Morgan fingerprint density at radius 2 is 1.52 bits per heavy atom. The molecule has 0 saturated carbocycles. The molecule has 0 spiro atoms. The second-order valence-corrected chi connectivity index (χ2v) is 10.3. The van der Waals surface area contributed by atoms with E-state index in [1.54, 1.807) is 7.11 Å². The van der Waals surface area contributed by atoms with E-state index in [0.717, 1.165) is 55.5 Å². The molecule has 0 saturated heterocycles. The molecule has 0 amide bonds. The van der Waals surface area contributed by atoms with E-state index in [1.165, 1.54) is 18.3 Å². The molecule has 4 aromatic carbocycles. The van der Waals surface area contributed by atoms with Crippen LogP contribution >= 0.6 is 0 Å². The number of ether oxygens (including phenoxy) is 2. The molecule has 0 N–H and O–H groups in total. The largest absolute Gasteiger partial charge is 0.497 e. The molecule has 0 unspecified atom stereocenters. The van der Waals surface area contributed by atoms with Gasteiger partial charge in [-0.25, -0.2) is 14.1 Å². The lowest BCUT2D eigenvalue weighted by atomic mass is 9.98. The predicted molar refractivity (Wildman–Crippen MR) is 164 cm³/mol. The van der Waals surface area contributed by atoms with Gasteiger partial charge in [0.05, 0.1) is 30.0 Å². The van der Waals surface area contributed by atoms with E-state index in [1.807, 2.05) is 94.4 Å². The van der Waals surface area contributed by atoms with Crippen LogP contribution in [0.3, 0.4) is 0 Å². The number of aryl methyl sites for hydroxylation is 2. The zero-order valence-electron chi connectivity index (χ0n) is 23.4. The number of rotatable bonds is 6. The van der Waals surface area contributed by atoms with E-state index < -0.39 is 0 Å². The fraction of sp³-hybridized carbons (Fsp3) is 0.0857. The average Bonchev–Trinajstić information content (AvgIpc) is 3.60. The molecule has 3 heterocycles. The summed E-state index contributed by atoms with van der Waals surface area (Å²) in [6.45, 7) is 4.16. The number of halogens is 1. The predicted octanol–water partition coefficient (Wildman–Crippen LogP) is 8.59. The summed E-state index contributed by atoms with van der Waals surface area (Å²) < 4.78 is 29.8. The maximum absolute atomic E-state index is 14.2. The topological polar surface area (TPSA) is 54.1 Å². The molecule has 206 valence electrons. The minimum absolute atomic E-state index is 0.339. The first-order valence-corrected chi connectivity index (χ1v) is 13.6. The van der Waals surface area contributed by atoms with Crippen LogP contribution in [0.5, 0.6) is 17.2 Å². The molecule has 0 atom stereocenters. The molecular weight excluding hydrogens is 527 g/mol. The summed E-state index contributed by atoms with van der Waals surface area (Å²) in [6.07, 6.45) is 5.38. The molecule has 6 nitrogen and oxygen atoms in total. The van der Waals surface area contributed by atoms with Crippen LogP contribution in [0.15, 0.2) is 110 Å². The Hall–Kier alpha value is -5.43. The Balaban J connectivity index is 1.24. The third-order valence-electron chi connectivity index (χ3n) is 7.51. The second kappa shape index (κ2) is 10.2. The number of aromatic nitrogens is 4. The van der Waals surface area contributed by atoms with Crippen LogP contribution in [0, 0.1) is 19.7 Å². The summed E-state index contributed by atoms with van der Waals surface area (Å²) in [4.78, 5) is 4.45. The van der Waals surface area contributed by atoms with Gasteiger partial charge in [0.25, 0.3) is 0 Å². The van der Waals surface area contributed by atoms with Crippen molar-refractivity contribution in [3.8, 4) is 39.9 Å². The Labute approximate surface area is 242 Å². The van der Waals surface area contributed by atoms with Gasteiger partial charge in [-0.15, -0.1) is 0 Å². The maximum atomic E-state index is 14.2. The number of pyridine rings is 1. The summed E-state index contributed by atoms with van der Waals surface area (Å²) >= 11 is 0. The molecule has 0 aliphatic carbocycles. The Morgan fingerprint density at radius 3 is 2.33 bits per heavy atom. The second-order valence-electron chi connectivity index (χ2n) is 10.3. The van der Waals surface area contributed by atoms with Gasteiger partial charge in [-0.05, 0) is 79.1 Å². The van der Waals surface area contributed by atoms with Gasteiger partial charge < -0.3 is 9.47 Å². The Kier molecular flexibility index (Phi) is 6.20. The molecule has 7 rings (SSSR count). The molecule has 0 fully saturated rings. The van der Waals surface area contributed by atoms with Crippen molar-refractivity contribution in [2.75, 3.05) is 7.11 Å². The summed E-state index contributed by atoms with van der Waals surface area (Å²) in [5.74, 6) is 2.35. The van der Waals surface area contributed by atoms with Crippen LogP contribution in [0.25, 0.3) is 44.4 Å². The van der Waals surface area contributed by atoms with Crippen molar-refractivity contribution in [2.45, 2.75) is 13.8 Å². The fourth-order valence-electron chi connectivity index (χ4n) is 5.69. The zero-order valence-corrected chi connectivity index (χ0v) is 23.4. The van der Waals surface area contributed by atoms with Gasteiger partial charge in [-0.2, -0.15) is 5.10 Å². The van der Waals surface area contributed by atoms with Gasteiger partial charge in [-0.3, -0.25) is 4.57 Å². The van der Waals surface area contributed by atoms with Gasteiger partial charge in [-0.1, -0.05) is 24.3 Å². The highest BCUT2D eigenvalue weighted by atomic mass is 19.1. The number of methoxy groups -OCH3 is 1. The highest BCUT2D eigenvalue weighted by Gasteiger charge is 2.15. The summed E-state index contributed by atoms with van der Waals surface area (Å²) in [7, 11) is 1.68.